The van der Waals surface area contributed by atoms with E-state index in [1.54, 1.807) is 17.0 Å². The van der Waals surface area contributed by atoms with Gasteiger partial charge in [-0.15, -0.1) is 10.2 Å². The summed E-state index contributed by atoms with van der Waals surface area (Å²) in [6.07, 6.45) is 6.70. The molecule has 0 saturated carbocycles. The monoisotopic (exact) mass is 450 g/mol. The van der Waals surface area contributed by atoms with Gasteiger partial charge in [0.2, 0.25) is 11.6 Å². The Balaban J connectivity index is 1.13. The zero-order valence-electron chi connectivity index (χ0n) is 18.4. The minimum absolute atomic E-state index is 0.0976. The van der Waals surface area contributed by atoms with Crippen LogP contribution in [0.1, 0.15) is 36.6 Å². The van der Waals surface area contributed by atoms with Gasteiger partial charge in [0.15, 0.2) is 5.76 Å². The number of carbonyl (C=O) groups excluding carboxylic acids is 1. The van der Waals surface area contributed by atoms with E-state index in [0.717, 1.165) is 37.5 Å². The van der Waals surface area contributed by atoms with E-state index in [1.807, 2.05) is 4.90 Å². The Morgan fingerprint density at radius 1 is 1.15 bits per heavy atom. The van der Waals surface area contributed by atoms with Crippen LogP contribution in [0, 0.1) is 11.3 Å². The fraction of sp³-hybridized carbons (Fsp3) is 0.500. The molecule has 0 aromatic carbocycles. The van der Waals surface area contributed by atoms with Gasteiger partial charge in [0.05, 0.1) is 6.26 Å². The fourth-order valence-electron chi connectivity index (χ4n) is 4.34. The van der Waals surface area contributed by atoms with Gasteiger partial charge < -0.3 is 28.5 Å². The molecule has 0 atom stereocenters. The molecule has 0 bridgehead atoms. The Morgan fingerprint density at radius 2 is 2.03 bits per heavy atom. The van der Waals surface area contributed by atoms with Crippen LogP contribution in [0.15, 0.2) is 27.2 Å². The van der Waals surface area contributed by atoms with Crippen molar-refractivity contribution in [2.45, 2.75) is 38.6 Å². The molecule has 3 aromatic heterocycles. The van der Waals surface area contributed by atoms with E-state index < -0.39 is 0 Å². The van der Waals surface area contributed by atoms with E-state index in [2.05, 4.69) is 31.1 Å². The first-order chi connectivity index (χ1) is 16.2. The number of urea groups is 1. The molecule has 1 saturated heterocycles. The summed E-state index contributed by atoms with van der Waals surface area (Å²) in [4.78, 5) is 20.6. The standard InChI is InChI=1S/C22H26N8O3/c23-15-16-21(33-20(25-16)17-5-4-14-32-17)28-10-12-29(13-11-28)22(31)24-8-7-19-27-26-18-6-2-1-3-9-30(18)19/h4-5,14H,1-3,6-13H2,(H,24,31). The number of furan rings is 1. The molecular formula is C22H26N8O3. The summed E-state index contributed by atoms with van der Waals surface area (Å²) in [7, 11) is 0. The highest BCUT2D eigenvalue weighted by atomic mass is 16.4. The summed E-state index contributed by atoms with van der Waals surface area (Å²) in [6.45, 7) is 3.62. The zero-order chi connectivity index (χ0) is 22.6. The number of carbonyl (C=O) groups is 1. The van der Waals surface area contributed by atoms with Crippen LogP contribution in [-0.2, 0) is 19.4 Å². The molecular weight excluding hydrogens is 424 g/mol. The van der Waals surface area contributed by atoms with Gasteiger partial charge >= 0.3 is 6.03 Å². The van der Waals surface area contributed by atoms with Crippen molar-refractivity contribution in [2.24, 2.45) is 0 Å². The van der Waals surface area contributed by atoms with Crippen LogP contribution in [0.4, 0.5) is 10.7 Å². The molecule has 5 rings (SSSR count). The maximum atomic E-state index is 12.6. The first-order valence-corrected chi connectivity index (χ1v) is 11.4. The first kappa shape index (κ1) is 21.1. The van der Waals surface area contributed by atoms with Gasteiger partial charge in [0.25, 0.3) is 5.89 Å². The highest BCUT2D eigenvalue weighted by Crippen LogP contribution is 2.29. The second-order valence-corrected chi connectivity index (χ2v) is 8.21. The van der Waals surface area contributed by atoms with Crippen molar-refractivity contribution in [1.82, 2.24) is 30.0 Å². The van der Waals surface area contributed by atoms with Crippen LogP contribution in [0.2, 0.25) is 0 Å². The molecule has 11 heteroatoms. The Hall–Kier alpha value is -3.81. The topological polar surface area (TPSA) is 129 Å². The largest absolute Gasteiger partial charge is 0.459 e. The molecule has 172 valence electrons. The molecule has 11 nitrogen and oxygen atoms in total. The predicted octanol–water partition coefficient (Wildman–Crippen LogP) is 2.20. The number of nitrogens with one attached hydrogen (secondary N) is 1. The van der Waals surface area contributed by atoms with Gasteiger partial charge in [-0.2, -0.15) is 10.2 Å². The van der Waals surface area contributed by atoms with E-state index in [9.17, 15) is 10.1 Å². The SMILES string of the molecule is N#Cc1nc(-c2ccco2)oc1N1CCN(C(=O)NCCc2nnc3n2CCCCC3)CC1. The normalized spacial score (nSPS) is 16.2. The summed E-state index contributed by atoms with van der Waals surface area (Å²) < 4.78 is 13.3. The van der Waals surface area contributed by atoms with E-state index in [1.165, 1.54) is 12.7 Å². The van der Waals surface area contributed by atoms with Gasteiger partial charge in [-0.3, -0.25) is 0 Å². The Morgan fingerprint density at radius 3 is 2.82 bits per heavy atom. The van der Waals surface area contributed by atoms with Crippen LogP contribution in [-0.4, -0.2) is 63.4 Å². The molecule has 1 fully saturated rings. The quantitative estimate of drug-likeness (QED) is 0.626. The number of rotatable bonds is 5. The van der Waals surface area contributed by atoms with Gasteiger partial charge in [-0.05, 0) is 25.0 Å². The third-order valence-corrected chi connectivity index (χ3v) is 6.11. The molecule has 33 heavy (non-hydrogen) atoms. The van der Waals surface area contributed by atoms with E-state index in [4.69, 9.17) is 8.83 Å². The second-order valence-electron chi connectivity index (χ2n) is 8.21. The molecule has 1 N–H and O–H groups in total. The van der Waals surface area contributed by atoms with Crippen LogP contribution < -0.4 is 10.2 Å². The minimum Gasteiger partial charge on any atom is -0.459 e. The van der Waals surface area contributed by atoms with Crippen molar-refractivity contribution in [2.75, 3.05) is 37.6 Å². The number of amides is 2. The summed E-state index contributed by atoms with van der Waals surface area (Å²) in [5, 5.41) is 21.1. The van der Waals surface area contributed by atoms with Gasteiger partial charge in [-0.25, -0.2) is 4.79 Å². The highest BCUT2D eigenvalue weighted by molar-refractivity contribution is 5.74. The van der Waals surface area contributed by atoms with Crippen molar-refractivity contribution < 1.29 is 13.6 Å². The number of piperazine rings is 1. The van der Waals surface area contributed by atoms with Crippen molar-refractivity contribution in [3.8, 4) is 17.7 Å². The van der Waals surface area contributed by atoms with Gasteiger partial charge in [0.1, 0.15) is 17.7 Å². The lowest BCUT2D eigenvalue weighted by atomic mass is 10.2. The molecule has 2 amide bonds. The predicted molar refractivity (Wildman–Crippen MR) is 117 cm³/mol. The lowest BCUT2D eigenvalue weighted by molar-refractivity contribution is 0.193. The Bertz CT molecular complexity index is 1140. The summed E-state index contributed by atoms with van der Waals surface area (Å²) in [5.74, 6) is 3.16. The van der Waals surface area contributed by atoms with Gasteiger partial charge in [-0.1, -0.05) is 6.42 Å². The number of hydrogen-bond acceptors (Lipinski definition) is 8. The number of fused-ring (bicyclic) bond motifs is 1. The highest BCUT2D eigenvalue weighted by Gasteiger charge is 2.27. The minimum atomic E-state index is -0.0976. The molecule has 0 unspecified atom stereocenters. The fourth-order valence-corrected chi connectivity index (χ4v) is 4.34. The van der Waals surface area contributed by atoms with E-state index in [-0.39, 0.29) is 17.6 Å². The number of anilines is 1. The molecule has 2 aliphatic rings. The zero-order valence-corrected chi connectivity index (χ0v) is 18.4. The Labute approximate surface area is 191 Å². The van der Waals surface area contributed by atoms with E-state index >= 15 is 0 Å². The smallest absolute Gasteiger partial charge is 0.317 e. The van der Waals surface area contributed by atoms with Crippen molar-refractivity contribution in [3.63, 3.8) is 0 Å². The molecule has 0 spiro atoms. The molecule has 0 radical (unpaired) electrons. The number of oxazole rings is 1. The second kappa shape index (κ2) is 9.36. The summed E-state index contributed by atoms with van der Waals surface area (Å²) in [6, 6.07) is 5.45. The summed E-state index contributed by atoms with van der Waals surface area (Å²) >= 11 is 0. The lowest BCUT2D eigenvalue weighted by Gasteiger charge is -2.34. The first-order valence-electron chi connectivity index (χ1n) is 11.4. The maximum absolute atomic E-state index is 12.6. The van der Waals surface area contributed by atoms with Crippen LogP contribution in [0.5, 0.6) is 0 Å². The van der Waals surface area contributed by atoms with Crippen LogP contribution >= 0.6 is 0 Å². The Kier molecular flexibility index (Phi) is 5.97. The number of aryl methyl sites for hydroxylation is 1. The van der Waals surface area contributed by atoms with Crippen LogP contribution in [0.3, 0.4) is 0 Å². The third kappa shape index (κ3) is 4.41. The number of nitriles is 1. The van der Waals surface area contributed by atoms with Gasteiger partial charge in [0, 0.05) is 52.1 Å². The third-order valence-electron chi connectivity index (χ3n) is 6.11. The maximum Gasteiger partial charge on any atom is 0.317 e. The average Bonchev–Trinajstić information content (AvgIpc) is 3.57. The summed E-state index contributed by atoms with van der Waals surface area (Å²) in [5.41, 5.74) is 0.215. The molecule has 0 aliphatic carbocycles. The van der Waals surface area contributed by atoms with E-state index in [0.29, 0.717) is 50.8 Å². The number of hydrogen-bond donors (Lipinski definition) is 1. The van der Waals surface area contributed by atoms with Crippen molar-refractivity contribution in [1.29, 1.82) is 5.26 Å². The molecule has 2 aliphatic heterocycles. The lowest BCUT2D eigenvalue weighted by Crippen LogP contribution is -2.52. The van der Waals surface area contributed by atoms with Crippen molar-refractivity contribution in [3.05, 3.63) is 35.7 Å². The molecule has 5 heterocycles. The van der Waals surface area contributed by atoms with Crippen molar-refractivity contribution >= 4 is 11.9 Å². The molecule has 3 aromatic rings. The number of aromatic nitrogens is 4. The number of nitrogens with zero attached hydrogens (tertiary/aromatic N) is 7. The average molecular weight is 451 g/mol. The van der Waals surface area contributed by atoms with Crippen LogP contribution in [0.25, 0.3) is 11.7 Å².